The second-order valence-corrected chi connectivity index (χ2v) is 5.94. The molecule has 3 rings (SSSR count). The van der Waals surface area contributed by atoms with E-state index in [0.717, 1.165) is 21.3 Å². The molecule has 2 nitrogen and oxygen atoms in total. The van der Waals surface area contributed by atoms with Crippen LogP contribution in [-0.2, 0) is 0 Å². The smallest absolute Gasteiger partial charge is 0.127 e. The normalized spacial score (nSPS) is 21.6. The van der Waals surface area contributed by atoms with Crippen LogP contribution >= 0.6 is 27.5 Å². The predicted molar refractivity (Wildman–Crippen MR) is 78.5 cm³/mol. The Hall–Kier alpha value is -1.03. The fraction of sp³-hybridized carbons (Fsp3) is 0.200. The van der Waals surface area contributed by atoms with E-state index in [-0.39, 0.29) is 6.10 Å². The van der Waals surface area contributed by atoms with Crippen molar-refractivity contribution >= 4 is 27.5 Å². The first-order valence-electron chi connectivity index (χ1n) is 6.03. The summed E-state index contributed by atoms with van der Waals surface area (Å²) in [5.41, 5.74) is 1.86. The first kappa shape index (κ1) is 13.0. The predicted octanol–water partition coefficient (Wildman–Crippen LogP) is 4.66. The van der Waals surface area contributed by atoms with Gasteiger partial charge in [0.05, 0.1) is 6.10 Å². The van der Waals surface area contributed by atoms with Gasteiger partial charge in [-0.3, -0.25) is 0 Å². The van der Waals surface area contributed by atoms with Gasteiger partial charge in [-0.05, 0) is 29.8 Å². The third kappa shape index (κ3) is 2.64. The van der Waals surface area contributed by atoms with E-state index >= 15 is 0 Å². The van der Waals surface area contributed by atoms with E-state index in [1.807, 2.05) is 42.5 Å². The van der Waals surface area contributed by atoms with Crippen molar-refractivity contribution in [1.29, 1.82) is 0 Å². The molecule has 2 atom stereocenters. The van der Waals surface area contributed by atoms with Crippen LogP contribution < -0.4 is 4.74 Å². The average Bonchev–Trinajstić information content (AvgIpc) is 2.38. The van der Waals surface area contributed by atoms with Crippen molar-refractivity contribution < 1.29 is 9.84 Å². The molecule has 2 aromatic carbocycles. The number of hydrogen-bond donors (Lipinski definition) is 1. The number of aliphatic hydroxyl groups is 1. The molecular formula is C15H12BrClO2. The molecule has 0 radical (unpaired) electrons. The van der Waals surface area contributed by atoms with E-state index in [2.05, 4.69) is 15.9 Å². The number of aliphatic hydroxyl groups excluding tert-OH is 1. The molecule has 1 unspecified atom stereocenters. The monoisotopic (exact) mass is 338 g/mol. The summed E-state index contributed by atoms with van der Waals surface area (Å²) in [6, 6.07) is 13.2. The van der Waals surface area contributed by atoms with Crippen LogP contribution in [0.4, 0.5) is 0 Å². The summed E-state index contributed by atoms with van der Waals surface area (Å²) < 4.78 is 6.92. The first-order valence-corrected chi connectivity index (χ1v) is 7.20. The fourth-order valence-electron chi connectivity index (χ4n) is 2.30. The van der Waals surface area contributed by atoms with Crippen molar-refractivity contribution in [1.82, 2.24) is 0 Å². The molecule has 0 fully saturated rings. The van der Waals surface area contributed by atoms with Crippen LogP contribution in [0.3, 0.4) is 0 Å². The summed E-state index contributed by atoms with van der Waals surface area (Å²) in [6.45, 7) is 0. The van der Waals surface area contributed by atoms with Gasteiger partial charge in [-0.25, -0.2) is 0 Å². The van der Waals surface area contributed by atoms with Gasteiger partial charge < -0.3 is 9.84 Å². The third-order valence-corrected chi connectivity index (χ3v) is 4.03. The number of benzene rings is 2. The topological polar surface area (TPSA) is 29.5 Å². The molecule has 0 saturated carbocycles. The summed E-state index contributed by atoms with van der Waals surface area (Å²) in [4.78, 5) is 0. The molecule has 0 saturated heterocycles. The van der Waals surface area contributed by atoms with Gasteiger partial charge in [0.25, 0.3) is 0 Å². The minimum absolute atomic E-state index is 0.144. The number of rotatable bonds is 1. The van der Waals surface area contributed by atoms with Gasteiger partial charge in [-0.2, -0.15) is 0 Å². The largest absolute Gasteiger partial charge is 0.485 e. The van der Waals surface area contributed by atoms with Gasteiger partial charge in [0.15, 0.2) is 0 Å². The van der Waals surface area contributed by atoms with Gasteiger partial charge in [0.2, 0.25) is 0 Å². The number of halogens is 2. The third-order valence-electron chi connectivity index (χ3n) is 3.28. The molecule has 0 amide bonds. The summed E-state index contributed by atoms with van der Waals surface area (Å²) in [6.07, 6.45) is -0.0948. The molecule has 1 aliphatic rings. The molecule has 0 spiro atoms. The summed E-state index contributed by atoms with van der Waals surface area (Å²) in [5, 5.41) is 10.9. The Balaban J connectivity index is 1.93. The van der Waals surface area contributed by atoms with Crippen LogP contribution in [0.25, 0.3) is 0 Å². The lowest BCUT2D eigenvalue weighted by atomic mass is 9.95. The van der Waals surface area contributed by atoms with E-state index in [4.69, 9.17) is 16.3 Å². The Morgan fingerprint density at radius 3 is 2.63 bits per heavy atom. The van der Waals surface area contributed by atoms with E-state index in [1.165, 1.54) is 0 Å². The first-order chi connectivity index (χ1) is 9.13. The van der Waals surface area contributed by atoms with Crippen molar-refractivity contribution in [2.24, 2.45) is 0 Å². The molecule has 1 N–H and O–H groups in total. The van der Waals surface area contributed by atoms with E-state index in [1.54, 1.807) is 0 Å². The molecule has 98 valence electrons. The zero-order valence-electron chi connectivity index (χ0n) is 10.0. The van der Waals surface area contributed by atoms with Crippen molar-refractivity contribution in [3.63, 3.8) is 0 Å². The standard InChI is InChI=1S/C15H12BrClO2/c16-10-3-6-12-13(18)8-14(19-15(12)7-10)9-1-4-11(17)5-2-9/h1-7,13-14,18H,8H2/t13-,14?/m0/s1. The Labute approximate surface area is 125 Å². The summed E-state index contributed by atoms with van der Waals surface area (Å²) in [7, 11) is 0. The zero-order valence-corrected chi connectivity index (χ0v) is 12.4. The molecule has 1 aliphatic heterocycles. The van der Waals surface area contributed by atoms with Gasteiger partial charge in [0, 0.05) is 21.5 Å². The highest BCUT2D eigenvalue weighted by Gasteiger charge is 2.27. The van der Waals surface area contributed by atoms with Crippen LogP contribution in [0.5, 0.6) is 5.75 Å². The van der Waals surface area contributed by atoms with Gasteiger partial charge >= 0.3 is 0 Å². The Bertz CT molecular complexity index is 598. The van der Waals surface area contributed by atoms with Gasteiger partial charge in [-0.1, -0.05) is 45.7 Å². The molecule has 0 aliphatic carbocycles. The minimum Gasteiger partial charge on any atom is -0.485 e. The highest BCUT2D eigenvalue weighted by Crippen LogP contribution is 2.41. The zero-order chi connectivity index (χ0) is 13.4. The fourth-order valence-corrected chi connectivity index (χ4v) is 2.76. The Morgan fingerprint density at radius 2 is 1.89 bits per heavy atom. The maximum atomic E-state index is 10.2. The van der Waals surface area contributed by atoms with Crippen LogP contribution in [0.2, 0.25) is 5.02 Å². The quantitative estimate of drug-likeness (QED) is 0.819. The van der Waals surface area contributed by atoms with E-state index in [0.29, 0.717) is 11.4 Å². The lowest BCUT2D eigenvalue weighted by Crippen LogP contribution is -2.18. The second kappa shape index (κ2) is 5.16. The van der Waals surface area contributed by atoms with Crippen molar-refractivity contribution in [3.05, 3.63) is 63.1 Å². The second-order valence-electron chi connectivity index (χ2n) is 4.59. The summed E-state index contributed by atoms with van der Waals surface area (Å²) >= 11 is 9.30. The van der Waals surface area contributed by atoms with Crippen molar-refractivity contribution in [3.8, 4) is 5.75 Å². The lowest BCUT2D eigenvalue weighted by Gasteiger charge is -2.30. The maximum absolute atomic E-state index is 10.2. The molecule has 0 aromatic heterocycles. The van der Waals surface area contributed by atoms with Crippen molar-refractivity contribution in [2.45, 2.75) is 18.6 Å². The maximum Gasteiger partial charge on any atom is 0.127 e. The Kier molecular flexibility index (Phi) is 3.52. The molecular weight excluding hydrogens is 328 g/mol. The minimum atomic E-state index is -0.502. The van der Waals surface area contributed by atoms with Gasteiger partial charge in [-0.15, -0.1) is 0 Å². The highest BCUT2D eigenvalue weighted by molar-refractivity contribution is 9.10. The van der Waals surface area contributed by atoms with Crippen LogP contribution in [0.15, 0.2) is 46.9 Å². The highest BCUT2D eigenvalue weighted by atomic mass is 79.9. The van der Waals surface area contributed by atoms with Crippen LogP contribution in [-0.4, -0.2) is 5.11 Å². The summed E-state index contributed by atoms with van der Waals surface area (Å²) in [5.74, 6) is 0.730. The van der Waals surface area contributed by atoms with E-state index in [9.17, 15) is 5.11 Å². The average molecular weight is 340 g/mol. The van der Waals surface area contributed by atoms with Crippen LogP contribution in [0.1, 0.15) is 29.8 Å². The SMILES string of the molecule is O[C@H]1CC(c2ccc(Cl)cc2)Oc2cc(Br)ccc21. The van der Waals surface area contributed by atoms with Gasteiger partial charge in [0.1, 0.15) is 11.9 Å². The number of hydrogen-bond acceptors (Lipinski definition) is 2. The molecule has 1 heterocycles. The van der Waals surface area contributed by atoms with E-state index < -0.39 is 6.10 Å². The van der Waals surface area contributed by atoms with Crippen LogP contribution in [0, 0.1) is 0 Å². The Morgan fingerprint density at radius 1 is 1.16 bits per heavy atom. The van der Waals surface area contributed by atoms with Crippen molar-refractivity contribution in [2.75, 3.05) is 0 Å². The molecule has 4 heteroatoms. The number of fused-ring (bicyclic) bond motifs is 1. The molecule has 0 bridgehead atoms. The lowest BCUT2D eigenvalue weighted by molar-refractivity contribution is 0.0657. The molecule has 2 aromatic rings. The number of ether oxygens (including phenoxy) is 1. The molecule has 19 heavy (non-hydrogen) atoms.